The highest BCUT2D eigenvalue weighted by Crippen LogP contribution is 2.21. The normalized spacial score (nSPS) is 12.4. The van der Waals surface area contributed by atoms with E-state index < -0.39 is 15.4 Å². The van der Waals surface area contributed by atoms with Gasteiger partial charge >= 0.3 is 0 Å². The van der Waals surface area contributed by atoms with Gasteiger partial charge in [-0.1, -0.05) is 11.2 Å². The number of nitrogens with zero attached hydrogens (tertiary/aromatic N) is 2. The van der Waals surface area contributed by atoms with Gasteiger partial charge in [-0.2, -0.15) is 4.98 Å². The zero-order valence-corrected chi connectivity index (χ0v) is 13.7. The molecule has 8 heteroatoms. The summed E-state index contributed by atoms with van der Waals surface area (Å²) >= 11 is 0. The third-order valence-corrected chi connectivity index (χ3v) is 4.22. The minimum Gasteiger partial charge on any atom is -0.484 e. The third kappa shape index (κ3) is 3.83. The molecule has 22 heavy (non-hydrogen) atoms. The van der Waals surface area contributed by atoms with E-state index in [2.05, 4.69) is 10.1 Å². The number of aromatic nitrogens is 2. The van der Waals surface area contributed by atoms with Crippen LogP contribution in [0.3, 0.4) is 0 Å². The van der Waals surface area contributed by atoms with Crippen LogP contribution in [0.1, 0.15) is 25.6 Å². The Morgan fingerprint density at radius 1 is 1.32 bits per heavy atom. The highest BCUT2D eigenvalue weighted by Gasteiger charge is 2.26. The monoisotopic (exact) mass is 326 g/mol. The first-order chi connectivity index (χ1) is 10.2. The molecule has 0 radical (unpaired) electrons. The van der Waals surface area contributed by atoms with Crippen LogP contribution in [0.4, 0.5) is 0 Å². The van der Waals surface area contributed by atoms with Crippen molar-refractivity contribution in [2.75, 3.05) is 13.4 Å². The van der Waals surface area contributed by atoms with Gasteiger partial charge in [0.15, 0.2) is 16.4 Å². The maximum atomic E-state index is 11.5. The van der Waals surface area contributed by atoms with Crippen molar-refractivity contribution >= 4 is 9.84 Å². The molecular formula is C14H18N2O5S. The van der Waals surface area contributed by atoms with E-state index in [1.54, 1.807) is 19.2 Å². The predicted octanol–water partition coefficient (Wildman–Crippen LogP) is 1.93. The number of sulfone groups is 1. The van der Waals surface area contributed by atoms with E-state index in [1.165, 1.54) is 12.1 Å². The molecule has 0 saturated carbocycles. The van der Waals surface area contributed by atoms with Gasteiger partial charge in [0.25, 0.3) is 5.89 Å². The summed E-state index contributed by atoms with van der Waals surface area (Å²) in [4.78, 5) is 4.38. The topological polar surface area (TPSA) is 91.5 Å². The molecular weight excluding hydrogens is 308 g/mol. The molecule has 0 aliphatic heterocycles. The van der Waals surface area contributed by atoms with Crippen molar-refractivity contribution in [3.63, 3.8) is 0 Å². The summed E-state index contributed by atoms with van der Waals surface area (Å²) in [5.74, 6) is 1.11. The van der Waals surface area contributed by atoms with Gasteiger partial charge in [-0.05, 0) is 32.0 Å². The van der Waals surface area contributed by atoms with Gasteiger partial charge in [0, 0.05) is 13.4 Å². The van der Waals surface area contributed by atoms with E-state index in [9.17, 15) is 8.42 Å². The fraction of sp³-hybridized carbons (Fsp3) is 0.429. The van der Waals surface area contributed by atoms with Crippen molar-refractivity contribution in [2.24, 2.45) is 0 Å². The Bertz CT molecular complexity index is 752. The van der Waals surface area contributed by atoms with E-state index in [-0.39, 0.29) is 17.4 Å². The average molecular weight is 326 g/mol. The first kappa shape index (κ1) is 16.4. The fourth-order valence-electron chi connectivity index (χ4n) is 1.59. The Labute approximate surface area is 129 Å². The van der Waals surface area contributed by atoms with Crippen LogP contribution in [0.25, 0.3) is 0 Å². The standard InChI is InChI=1S/C14H18N2O5S/c1-14(2,19-3)13-15-12(21-16-13)9-20-10-6-5-7-11(8-10)22(4,17)18/h5-8H,9H2,1-4H3. The second kappa shape index (κ2) is 6.05. The molecule has 1 aromatic carbocycles. The lowest BCUT2D eigenvalue weighted by Gasteiger charge is -2.17. The van der Waals surface area contributed by atoms with E-state index in [1.807, 2.05) is 13.8 Å². The maximum Gasteiger partial charge on any atom is 0.264 e. The Morgan fingerprint density at radius 3 is 2.68 bits per heavy atom. The van der Waals surface area contributed by atoms with Gasteiger partial charge in [0.05, 0.1) is 4.90 Å². The SMILES string of the molecule is COC(C)(C)c1noc(COc2cccc(S(C)(=O)=O)c2)n1. The second-order valence-electron chi connectivity index (χ2n) is 5.26. The number of hydrogen-bond donors (Lipinski definition) is 0. The molecule has 7 nitrogen and oxygen atoms in total. The van der Waals surface area contributed by atoms with Gasteiger partial charge in [0.1, 0.15) is 11.4 Å². The molecule has 1 heterocycles. The molecule has 0 spiro atoms. The van der Waals surface area contributed by atoms with Crippen molar-refractivity contribution in [1.29, 1.82) is 0 Å². The molecule has 0 amide bonds. The van der Waals surface area contributed by atoms with Crippen LogP contribution < -0.4 is 4.74 Å². The number of ether oxygens (including phenoxy) is 2. The smallest absolute Gasteiger partial charge is 0.264 e. The molecule has 2 aromatic rings. The summed E-state index contributed by atoms with van der Waals surface area (Å²) in [7, 11) is -1.72. The van der Waals surface area contributed by atoms with Crippen molar-refractivity contribution < 1.29 is 22.4 Å². The largest absolute Gasteiger partial charge is 0.484 e. The van der Waals surface area contributed by atoms with Gasteiger partial charge in [-0.3, -0.25) is 0 Å². The average Bonchev–Trinajstić information content (AvgIpc) is 2.94. The summed E-state index contributed by atoms with van der Waals surface area (Å²) in [6.45, 7) is 3.68. The van der Waals surface area contributed by atoms with E-state index in [0.29, 0.717) is 11.6 Å². The van der Waals surface area contributed by atoms with Crippen LogP contribution >= 0.6 is 0 Å². The Hall–Kier alpha value is -1.93. The molecule has 0 atom stereocenters. The van der Waals surface area contributed by atoms with Crippen LogP contribution in [0, 0.1) is 0 Å². The minimum atomic E-state index is -3.27. The highest BCUT2D eigenvalue weighted by atomic mass is 32.2. The lowest BCUT2D eigenvalue weighted by molar-refractivity contribution is 0.00973. The van der Waals surface area contributed by atoms with E-state index in [4.69, 9.17) is 14.0 Å². The van der Waals surface area contributed by atoms with Crippen LogP contribution in [0.5, 0.6) is 5.75 Å². The van der Waals surface area contributed by atoms with Crippen LogP contribution in [-0.4, -0.2) is 31.9 Å². The Morgan fingerprint density at radius 2 is 2.05 bits per heavy atom. The maximum absolute atomic E-state index is 11.5. The fourth-order valence-corrected chi connectivity index (χ4v) is 2.25. The van der Waals surface area contributed by atoms with Crippen molar-refractivity contribution in [2.45, 2.75) is 31.0 Å². The Balaban J connectivity index is 2.08. The first-order valence-corrected chi connectivity index (χ1v) is 8.42. The van der Waals surface area contributed by atoms with Crippen LogP contribution in [0.15, 0.2) is 33.7 Å². The molecule has 1 aromatic heterocycles. The Kier molecular flexibility index (Phi) is 4.52. The first-order valence-electron chi connectivity index (χ1n) is 6.53. The van der Waals surface area contributed by atoms with Crippen LogP contribution in [-0.2, 0) is 26.8 Å². The zero-order valence-electron chi connectivity index (χ0n) is 12.9. The van der Waals surface area contributed by atoms with Gasteiger partial charge < -0.3 is 14.0 Å². The second-order valence-corrected chi connectivity index (χ2v) is 7.28. The number of rotatable bonds is 6. The molecule has 0 bridgehead atoms. The summed E-state index contributed by atoms with van der Waals surface area (Å²) in [6, 6.07) is 6.23. The molecule has 0 aliphatic carbocycles. The summed E-state index contributed by atoms with van der Waals surface area (Å²) < 4.78 is 38.8. The van der Waals surface area contributed by atoms with Crippen molar-refractivity contribution in [3.05, 3.63) is 36.0 Å². The van der Waals surface area contributed by atoms with Gasteiger partial charge in [0.2, 0.25) is 5.82 Å². The molecule has 0 N–H and O–H groups in total. The summed E-state index contributed by atoms with van der Waals surface area (Å²) in [5.41, 5.74) is -0.655. The number of methoxy groups -OCH3 is 1. The molecule has 0 unspecified atom stereocenters. The molecule has 0 fully saturated rings. The molecule has 0 aliphatic rings. The minimum absolute atomic E-state index is 0.0417. The summed E-state index contributed by atoms with van der Waals surface area (Å²) in [5, 5.41) is 3.84. The predicted molar refractivity (Wildman–Crippen MR) is 78.2 cm³/mol. The lowest BCUT2D eigenvalue weighted by atomic mass is 10.1. The zero-order chi connectivity index (χ0) is 16.4. The van der Waals surface area contributed by atoms with Crippen molar-refractivity contribution in [3.8, 4) is 5.75 Å². The molecule has 0 saturated heterocycles. The van der Waals surface area contributed by atoms with Crippen molar-refractivity contribution in [1.82, 2.24) is 10.1 Å². The van der Waals surface area contributed by atoms with Crippen LogP contribution in [0.2, 0.25) is 0 Å². The quantitative estimate of drug-likeness (QED) is 0.801. The lowest BCUT2D eigenvalue weighted by Crippen LogP contribution is -2.21. The van der Waals surface area contributed by atoms with E-state index >= 15 is 0 Å². The highest BCUT2D eigenvalue weighted by molar-refractivity contribution is 7.90. The van der Waals surface area contributed by atoms with Gasteiger partial charge in [-0.15, -0.1) is 0 Å². The molecule has 2 rings (SSSR count). The number of hydrogen-bond acceptors (Lipinski definition) is 7. The molecule has 120 valence electrons. The van der Waals surface area contributed by atoms with E-state index in [0.717, 1.165) is 6.26 Å². The summed E-state index contributed by atoms with van der Waals surface area (Å²) in [6.07, 6.45) is 1.14. The third-order valence-electron chi connectivity index (χ3n) is 3.11. The van der Waals surface area contributed by atoms with Gasteiger partial charge in [-0.25, -0.2) is 8.42 Å². The number of benzene rings is 1.